The van der Waals surface area contributed by atoms with Crippen LogP contribution in [-0.4, -0.2) is 30.9 Å². The molecule has 0 aliphatic heterocycles. The molecule has 17 heavy (non-hydrogen) atoms. The first kappa shape index (κ1) is 13.7. The number of rotatable bonds is 6. The van der Waals surface area contributed by atoms with Gasteiger partial charge in [0.15, 0.2) is 0 Å². The smallest absolute Gasteiger partial charge is 0.131 e. The molecule has 94 valence electrons. The molecule has 1 aromatic rings. The van der Waals surface area contributed by atoms with Crippen LogP contribution in [0, 0.1) is 0 Å². The monoisotopic (exact) mass is 235 g/mol. The Morgan fingerprint density at radius 1 is 1.47 bits per heavy atom. The van der Waals surface area contributed by atoms with Crippen molar-refractivity contribution >= 4 is 5.78 Å². The lowest BCUT2D eigenvalue weighted by molar-refractivity contribution is -0.118. The fraction of sp³-hybridized carbons (Fsp3) is 0.500. The van der Waals surface area contributed by atoms with Gasteiger partial charge in [-0.2, -0.15) is 0 Å². The predicted octanol–water partition coefficient (Wildman–Crippen LogP) is 2.49. The van der Waals surface area contributed by atoms with Gasteiger partial charge in [0.25, 0.3) is 0 Å². The molecule has 0 bridgehead atoms. The minimum absolute atomic E-state index is 0.231. The molecule has 0 spiro atoms. The van der Waals surface area contributed by atoms with E-state index >= 15 is 0 Å². The van der Waals surface area contributed by atoms with E-state index < -0.39 is 0 Å². The average molecular weight is 235 g/mol. The van der Waals surface area contributed by atoms with Crippen LogP contribution >= 0.6 is 0 Å². The van der Waals surface area contributed by atoms with Crippen molar-refractivity contribution in [3.05, 3.63) is 29.8 Å². The molecule has 0 aromatic heterocycles. The standard InChI is InChI=1S/C14H21NO2/c1-11(8-12(2)16)15(3)10-13-6-5-7-14(9-13)17-4/h5-7,9,11H,8,10H2,1-4H3. The Kier molecular flexibility index (Phi) is 5.16. The Morgan fingerprint density at radius 2 is 2.18 bits per heavy atom. The second-order valence-corrected chi connectivity index (χ2v) is 4.52. The fourth-order valence-electron chi connectivity index (χ4n) is 1.79. The molecule has 0 fully saturated rings. The number of nitrogens with zero attached hydrogens (tertiary/aromatic N) is 1. The van der Waals surface area contributed by atoms with Gasteiger partial charge in [-0.25, -0.2) is 0 Å². The van der Waals surface area contributed by atoms with Crippen molar-refractivity contribution in [2.75, 3.05) is 14.2 Å². The van der Waals surface area contributed by atoms with E-state index in [4.69, 9.17) is 4.74 Å². The number of methoxy groups -OCH3 is 1. The summed E-state index contributed by atoms with van der Waals surface area (Å²) in [4.78, 5) is 13.2. The molecule has 0 saturated carbocycles. The quantitative estimate of drug-likeness (QED) is 0.758. The Bertz CT molecular complexity index is 376. The first-order valence-corrected chi connectivity index (χ1v) is 5.85. The molecule has 1 atom stereocenters. The molecule has 0 N–H and O–H groups in total. The third kappa shape index (κ3) is 4.57. The van der Waals surface area contributed by atoms with Gasteiger partial charge in [-0.15, -0.1) is 0 Å². The highest BCUT2D eigenvalue weighted by molar-refractivity contribution is 5.76. The Balaban J connectivity index is 2.60. The third-order valence-corrected chi connectivity index (χ3v) is 2.90. The minimum Gasteiger partial charge on any atom is -0.497 e. The van der Waals surface area contributed by atoms with E-state index in [1.807, 2.05) is 25.2 Å². The van der Waals surface area contributed by atoms with Crippen LogP contribution in [0.4, 0.5) is 0 Å². The summed E-state index contributed by atoms with van der Waals surface area (Å²) in [6.07, 6.45) is 0.598. The summed E-state index contributed by atoms with van der Waals surface area (Å²) in [5, 5.41) is 0. The molecule has 1 rings (SSSR count). The van der Waals surface area contributed by atoms with Crippen LogP contribution in [-0.2, 0) is 11.3 Å². The van der Waals surface area contributed by atoms with Gasteiger partial charge in [0.1, 0.15) is 11.5 Å². The fourth-order valence-corrected chi connectivity index (χ4v) is 1.79. The summed E-state index contributed by atoms with van der Waals surface area (Å²) in [7, 11) is 3.70. The average Bonchev–Trinajstić information content (AvgIpc) is 2.28. The first-order chi connectivity index (χ1) is 8.02. The molecule has 0 radical (unpaired) electrons. The Labute approximate surface area is 103 Å². The van der Waals surface area contributed by atoms with Gasteiger partial charge >= 0.3 is 0 Å². The van der Waals surface area contributed by atoms with E-state index in [9.17, 15) is 4.79 Å². The van der Waals surface area contributed by atoms with Crippen molar-refractivity contribution in [2.24, 2.45) is 0 Å². The molecule has 1 aromatic carbocycles. The zero-order valence-electron chi connectivity index (χ0n) is 11.1. The summed E-state index contributed by atoms with van der Waals surface area (Å²) in [5.74, 6) is 1.10. The third-order valence-electron chi connectivity index (χ3n) is 2.90. The van der Waals surface area contributed by atoms with Crippen LogP contribution in [0.3, 0.4) is 0 Å². The molecule has 3 heteroatoms. The van der Waals surface area contributed by atoms with Gasteiger partial charge in [-0.1, -0.05) is 12.1 Å². The molecule has 0 aliphatic rings. The van der Waals surface area contributed by atoms with Gasteiger partial charge in [0.05, 0.1) is 7.11 Å². The molecule has 3 nitrogen and oxygen atoms in total. The highest BCUT2D eigenvalue weighted by Gasteiger charge is 2.11. The van der Waals surface area contributed by atoms with E-state index in [0.29, 0.717) is 6.42 Å². The van der Waals surface area contributed by atoms with Gasteiger partial charge in [-0.3, -0.25) is 9.69 Å². The highest BCUT2D eigenvalue weighted by Crippen LogP contribution is 2.15. The molecule has 0 amide bonds. The van der Waals surface area contributed by atoms with Crippen LogP contribution in [0.15, 0.2) is 24.3 Å². The molecule has 0 aliphatic carbocycles. The summed E-state index contributed by atoms with van der Waals surface area (Å²) >= 11 is 0. The molecule has 0 saturated heterocycles. The van der Waals surface area contributed by atoms with Crippen LogP contribution in [0.1, 0.15) is 25.8 Å². The summed E-state index contributed by atoms with van der Waals surface area (Å²) in [6.45, 7) is 4.53. The minimum atomic E-state index is 0.231. The number of carbonyl (C=O) groups is 1. The SMILES string of the molecule is COc1cccc(CN(C)C(C)CC(C)=O)c1. The van der Waals surface area contributed by atoms with Gasteiger partial charge < -0.3 is 4.74 Å². The maximum atomic E-state index is 11.1. The predicted molar refractivity (Wildman–Crippen MR) is 69.2 cm³/mol. The van der Waals surface area contributed by atoms with E-state index in [1.165, 1.54) is 5.56 Å². The van der Waals surface area contributed by atoms with Crippen LogP contribution in [0.5, 0.6) is 5.75 Å². The van der Waals surface area contributed by atoms with E-state index in [-0.39, 0.29) is 11.8 Å². The normalized spacial score (nSPS) is 12.5. The zero-order valence-corrected chi connectivity index (χ0v) is 11.1. The number of ketones is 1. The van der Waals surface area contributed by atoms with Crippen molar-refractivity contribution in [3.8, 4) is 5.75 Å². The maximum Gasteiger partial charge on any atom is 0.131 e. The number of carbonyl (C=O) groups excluding carboxylic acids is 1. The molecular weight excluding hydrogens is 214 g/mol. The first-order valence-electron chi connectivity index (χ1n) is 5.85. The van der Waals surface area contributed by atoms with Crippen LogP contribution < -0.4 is 4.74 Å². The van der Waals surface area contributed by atoms with E-state index in [1.54, 1.807) is 14.0 Å². The largest absolute Gasteiger partial charge is 0.497 e. The second-order valence-electron chi connectivity index (χ2n) is 4.52. The summed E-state index contributed by atoms with van der Waals surface area (Å²) in [5.41, 5.74) is 1.20. The van der Waals surface area contributed by atoms with Crippen molar-refractivity contribution in [2.45, 2.75) is 32.9 Å². The van der Waals surface area contributed by atoms with Crippen LogP contribution in [0.25, 0.3) is 0 Å². The highest BCUT2D eigenvalue weighted by atomic mass is 16.5. The second kappa shape index (κ2) is 6.40. The molecular formula is C14H21NO2. The molecule has 1 unspecified atom stereocenters. The van der Waals surface area contributed by atoms with Crippen LogP contribution in [0.2, 0.25) is 0 Å². The van der Waals surface area contributed by atoms with E-state index in [2.05, 4.69) is 17.9 Å². The number of benzene rings is 1. The van der Waals surface area contributed by atoms with Gasteiger partial charge in [-0.05, 0) is 38.6 Å². The number of Topliss-reactive ketones (excluding diaryl/α,β-unsaturated/α-hetero) is 1. The number of hydrogen-bond donors (Lipinski definition) is 0. The summed E-state index contributed by atoms with van der Waals surface area (Å²) in [6, 6.07) is 8.27. The number of hydrogen-bond acceptors (Lipinski definition) is 3. The van der Waals surface area contributed by atoms with Crippen molar-refractivity contribution in [1.29, 1.82) is 0 Å². The lowest BCUT2D eigenvalue weighted by Gasteiger charge is -2.24. The van der Waals surface area contributed by atoms with Gasteiger partial charge in [0.2, 0.25) is 0 Å². The topological polar surface area (TPSA) is 29.5 Å². The van der Waals surface area contributed by atoms with Gasteiger partial charge in [0, 0.05) is 19.0 Å². The van der Waals surface area contributed by atoms with Crippen molar-refractivity contribution in [1.82, 2.24) is 4.90 Å². The van der Waals surface area contributed by atoms with Crippen molar-refractivity contribution in [3.63, 3.8) is 0 Å². The molecule has 0 heterocycles. The Hall–Kier alpha value is -1.35. The maximum absolute atomic E-state index is 11.1. The lowest BCUT2D eigenvalue weighted by Crippen LogP contribution is -2.30. The zero-order chi connectivity index (χ0) is 12.8. The lowest BCUT2D eigenvalue weighted by atomic mass is 10.1. The van der Waals surface area contributed by atoms with Crippen molar-refractivity contribution < 1.29 is 9.53 Å². The summed E-state index contributed by atoms with van der Waals surface area (Å²) < 4.78 is 5.19. The van der Waals surface area contributed by atoms with E-state index in [0.717, 1.165) is 12.3 Å². The number of ether oxygens (including phenoxy) is 1. The Morgan fingerprint density at radius 3 is 2.76 bits per heavy atom.